The van der Waals surface area contributed by atoms with E-state index in [1.807, 2.05) is 13.0 Å². The second kappa shape index (κ2) is 3.70. The molecule has 0 saturated heterocycles. The molecule has 0 bridgehead atoms. The fourth-order valence-corrected chi connectivity index (χ4v) is 2.16. The zero-order valence-electron chi connectivity index (χ0n) is 9.41. The molecule has 4 heteroatoms. The molecular formula is C12H15NO3. The Morgan fingerprint density at radius 3 is 2.94 bits per heavy atom. The Hall–Kier alpha value is -1.71. The van der Waals surface area contributed by atoms with Crippen LogP contribution in [0.3, 0.4) is 0 Å². The van der Waals surface area contributed by atoms with Crippen LogP contribution in [-0.2, 0) is 16.0 Å². The van der Waals surface area contributed by atoms with Crippen molar-refractivity contribution in [2.24, 2.45) is 0 Å². The van der Waals surface area contributed by atoms with E-state index in [0.29, 0.717) is 18.5 Å². The average Bonchev–Trinajstić information content (AvgIpc) is 2.69. The van der Waals surface area contributed by atoms with Crippen LogP contribution in [0, 0.1) is 0 Å². The van der Waals surface area contributed by atoms with E-state index in [1.165, 1.54) is 7.11 Å². The van der Waals surface area contributed by atoms with E-state index < -0.39 is 5.54 Å². The number of para-hydroxylation sites is 1. The summed E-state index contributed by atoms with van der Waals surface area (Å²) in [6, 6.07) is 5.29. The van der Waals surface area contributed by atoms with Gasteiger partial charge in [0.2, 0.25) is 0 Å². The first-order valence-electron chi connectivity index (χ1n) is 5.30. The second-order valence-corrected chi connectivity index (χ2v) is 4.04. The molecule has 0 spiro atoms. The molecule has 1 aliphatic rings. The van der Waals surface area contributed by atoms with E-state index >= 15 is 0 Å². The fraction of sp³-hybridized carbons (Fsp3) is 0.417. The van der Waals surface area contributed by atoms with Gasteiger partial charge in [0.15, 0.2) is 0 Å². The maximum atomic E-state index is 11.8. The van der Waals surface area contributed by atoms with Gasteiger partial charge in [-0.2, -0.15) is 0 Å². The normalized spacial score (nSPS) is 22.4. The summed E-state index contributed by atoms with van der Waals surface area (Å²) in [5, 5.41) is 12.8. The number of carbonyl (C=O) groups is 1. The van der Waals surface area contributed by atoms with Crippen molar-refractivity contribution in [2.45, 2.75) is 25.3 Å². The zero-order valence-corrected chi connectivity index (χ0v) is 9.41. The average molecular weight is 221 g/mol. The van der Waals surface area contributed by atoms with Gasteiger partial charge in [0.1, 0.15) is 11.3 Å². The highest BCUT2D eigenvalue weighted by atomic mass is 16.5. The summed E-state index contributed by atoms with van der Waals surface area (Å²) >= 11 is 0. The SMILES string of the molecule is CCC1(C(=O)OC)Cc2cccc(O)c2N1. The van der Waals surface area contributed by atoms with Crippen molar-refractivity contribution in [3.05, 3.63) is 23.8 Å². The van der Waals surface area contributed by atoms with Crippen LogP contribution in [-0.4, -0.2) is 23.7 Å². The van der Waals surface area contributed by atoms with Crippen LogP contribution in [0.15, 0.2) is 18.2 Å². The summed E-state index contributed by atoms with van der Waals surface area (Å²) in [4.78, 5) is 11.8. The molecule has 0 aliphatic carbocycles. The molecule has 4 nitrogen and oxygen atoms in total. The number of fused-ring (bicyclic) bond motifs is 1. The number of phenolic OH excluding ortho intramolecular Hbond substituents is 1. The molecule has 1 heterocycles. The molecule has 1 aliphatic heterocycles. The summed E-state index contributed by atoms with van der Waals surface area (Å²) in [6.45, 7) is 1.92. The fourth-order valence-electron chi connectivity index (χ4n) is 2.16. The molecule has 16 heavy (non-hydrogen) atoms. The topological polar surface area (TPSA) is 58.6 Å². The van der Waals surface area contributed by atoms with Gasteiger partial charge in [0, 0.05) is 6.42 Å². The molecule has 0 radical (unpaired) electrons. The predicted molar refractivity (Wildman–Crippen MR) is 60.5 cm³/mol. The minimum absolute atomic E-state index is 0.178. The van der Waals surface area contributed by atoms with Gasteiger partial charge in [0.25, 0.3) is 0 Å². The minimum Gasteiger partial charge on any atom is -0.506 e. The lowest BCUT2D eigenvalue weighted by Gasteiger charge is -2.25. The number of aromatic hydroxyl groups is 1. The summed E-state index contributed by atoms with van der Waals surface area (Å²) in [7, 11) is 1.38. The number of anilines is 1. The third-order valence-corrected chi connectivity index (χ3v) is 3.16. The number of benzene rings is 1. The number of nitrogens with one attached hydrogen (secondary N) is 1. The quantitative estimate of drug-likeness (QED) is 0.589. The van der Waals surface area contributed by atoms with Crippen molar-refractivity contribution in [1.29, 1.82) is 0 Å². The van der Waals surface area contributed by atoms with E-state index in [1.54, 1.807) is 12.1 Å². The Morgan fingerprint density at radius 1 is 1.62 bits per heavy atom. The Balaban J connectivity index is 2.39. The van der Waals surface area contributed by atoms with Crippen LogP contribution in [0.2, 0.25) is 0 Å². The maximum Gasteiger partial charge on any atom is 0.331 e. The lowest BCUT2D eigenvalue weighted by atomic mass is 9.92. The summed E-state index contributed by atoms with van der Waals surface area (Å²) in [5.74, 6) is -0.109. The van der Waals surface area contributed by atoms with Gasteiger partial charge in [-0.3, -0.25) is 0 Å². The molecule has 2 rings (SSSR count). The van der Waals surface area contributed by atoms with E-state index in [2.05, 4.69) is 5.32 Å². The van der Waals surface area contributed by atoms with E-state index in [0.717, 1.165) is 5.56 Å². The van der Waals surface area contributed by atoms with Crippen LogP contribution < -0.4 is 5.32 Å². The Labute approximate surface area is 94.2 Å². The van der Waals surface area contributed by atoms with Gasteiger partial charge < -0.3 is 15.2 Å². The summed E-state index contributed by atoms with van der Waals surface area (Å²) < 4.78 is 4.82. The summed E-state index contributed by atoms with van der Waals surface area (Å²) in [5.41, 5.74) is 0.873. The molecule has 86 valence electrons. The van der Waals surface area contributed by atoms with Crippen molar-refractivity contribution in [2.75, 3.05) is 12.4 Å². The van der Waals surface area contributed by atoms with Crippen molar-refractivity contribution < 1.29 is 14.6 Å². The number of phenols is 1. The molecular weight excluding hydrogens is 206 g/mol. The minimum atomic E-state index is -0.726. The molecule has 1 aromatic rings. The molecule has 0 fully saturated rings. The first kappa shape index (κ1) is 10.8. The molecule has 0 amide bonds. The van der Waals surface area contributed by atoms with Crippen molar-refractivity contribution in [3.8, 4) is 5.75 Å². The van der Waals surface area contributed by atoms with Crippen LogP contribution >= 0.6 is 0 Å². The highest BCUT2D eigenvalue weighted by molar-refractivity contribution is 5.89. The Bertz CT molecular complexity index is 430. The Kier molecular flexibility index (Phi) is 2.50. The van der Waals surface area contributed by atoms with Gasteiger partial charge in [-0.25, -0.2) is 4.79 Å². The zero-order chi connectivity index (χ0) is 11.8. The lowest BCUT2D eigenvalue weighted by molar-refractivity contribution is -0.145. The van der Waals surface area contributed by atoms with Crippen molar-refractivity contribution in [1.82, 2.24) is 0 Å². The number of esters is 1. The molecule has 0 saturated carbocycles. The van der Waals surface area contributed by atoms with Gasteiger partial charge in [0.05, 0.1) is 12.8 Å². The number of methoxy groups -OCH3 is 1. The number of carbonyl (C=O) groups excluding carboxylic acids is 1. The number of hydrogen-bond donors (Lipinski definition) is 2. The van der Waals surface area contributed by atoms with Gasteiger partial charge in [-0.05, 0) is 18.1 Å². The molecule has 1 aromatic carbocycles. The van der Waals surface area contributed by atoms with E-state index in [-0.39, 0.29) is 11.7 Å². The maximum absolute atomic E-state index is 11.8. The van der Waals surface area contributed by atoms with Crippen LogP contribution in [0.5, 0.6) is 5.75 Å². The van der Waals surface area contributed by atoms with Crippen LogP contribution in [0.1, 0.15) is 18.9 Å². The van der Waals surface area contributed by atoms with Gasteiger partial charge >= 0.3 is 5.97 Å². The lowest BCUT2D eigenvalue weighted by Crippen LogP contribution is -2.45. The largest absolute Gasteiger partial charge is 0.506 e. The predicted octanol–water partition coefficient (Wildman–Crippen LogP) is 1.68. The standard InChI is InChI=1S/C12H15NO3/c1-3-12(11(15)16-2)7-8-5-4-6-9(14)10(8)13-12/h4-6,13-14H,3,7H2,1-2H3. The number of ether oxygens (including phenoxy) is 1. The van der Waals surface area contributed by atoms with E-state index in [4.69, 9.17) is 4.74 Å². The number of hydrogen-bond acceptors (Lipinski definition) is 4. The van der Waals surface area contributed by atoms with Crippen LogP contribution in [0.4, 0.5) is 5.69 Å². The molecule has 1 unspecified atom stereocenters. The number of rotatable bonds is 2. The third-order valence-electron chi connectivity index (χ3n) is 3.16. The summed E-state index contributed by atoms with van der Waals surface area (Å²) in [6.07, 6.45) is 1.17. The highest BCUT2D eigenvalue weighted by Gasteiger charge is 2.43. The highest BCUT2D eigenvalue weighted by Crippen LogP contribution is 2.40. The Morgan fingerprint density at radius 2 is 2.38 bits per heavy atom. The van der Waals surface area contributed by atoms with Gasteiger partial charge in [-0.15, -0.1) is 0 Å². The first-order valence-corrected chi connectivity index (χ1v) is 5.30. The van der Waals surface area contributed by atoms with E-state index in [9.17, 15) is 9.90 Å². The molecule has 1 atom stereocenters. The smallest absolute Gasteiger partial charge is 0.331 e. The monoisotopic (exact) mass is 221 g/mol. The molecule has 0 aromatic heterocycles. The van der Waals surface area contributed by atoms with Crippen molar-refractivity contribution in [3.63, 3.8) is 0 Å². The van der Waals surface area contributed by atoms with Crippen LogP contribution in [0.25, 0.3) is 0 Å². The molecule has 2 N–H and O–H groups in total. The van der Waals surface area contributed by atoms with Gasteiger partial charge in [-0.1, -0.05) is 19.1 Å². The third kappa shape index (κ3) is 1.41. The first-order chi connectivity index (χ1) is 7.63. The second-order valence-electron chi connectivity index (χ2n) is 4.04. The van der Waals surface area contributed by atoms with Crippen molar-refractivity contribution >= 4 is 11.7 Å².